The number of benzene rings is 1. The fourth-order valence-corrected chi connectivity index (χ4v) is 2.31. The molecule has 0 radical (unpaired) electrons. The first-order valence-electron chi connectivity index (χ1n) is 7.15. The summed E-state index contributed by atoms with van der Waals surface area (Å²) in [5, 5.41) is 20.2. The maximum absolute atomic E-state index is 8.94. The van der Waals surface area contributed by atoms with Gasteiger partial charge in [0.1, 0.15) is 0 Å². The molecule has 7 heteroatoms. The Labute approximate surface area is 129 Å². The van der Waals surface area contributed by atoms with Crippen molar-refractivity contribution in [2.24, 2.45) is 0 Å². The van der Waals surface area contributed by atoms with Crippen LogP contribution in [0.5, 0.6) is 0 Å². The van der Waals surface area contributed by atoms with Crippen LogP contribution in [-0.4, -0.2) is 53.3 Å². The van der Waals surface area contributed by atoms with Crippen LogP contribution in [0.2, 0.25) is 0 Å². The molecule has 0 aliphatic carbocycles. The van der Waals surface area contributed by atoms with Crippen LogP contribution in [-0.2, 0) is 0 Å². The van der Waals surface area contributed by atoms with E-state index in [2.05, 4.69) is 43.4 Å². The second kappa shape index (κ2) is 6.37. The zero-order valence-electron chi connectivity index (χ0n) is 12.4. The van der Waals surface area contributed by atoms with Crippen LogP contribution in [0.1, 0.15) is 5.56 Å². The lowest BCUT2D eigenvalue weighted by atomic mass is 10.2. The van der Waals surface area contributed by atoms with Crippen LogP contribution in [0.4, 0.5) is 17.5 Å². The van der Waals surface area contributed by atoms with Crippen LogP contribution in [0.15, 0.2) is 30.5 Å². The summed E-state index contributed by atoms with van der Waals surface area (Å²) in [4.78, 5) is 8.92. The number of likely N-dealkylation sites (N-methyl/N-ethyl adjacent to an activating group) is 1. The summed E-state index contributed by atoms with van der Waals surface area (Å²) < 4.78 is 0. The van der Waals surface area contributed by atoms with Gasteiger partial charge >= 0.3 is 0 Å². The first kappa shape index (κ1) is 14.2. The molecule has 1 fully saturated rings. The molecular weight excluding hydrogens is 278 g/mol. The maximum Gasteiger partial charge on any atom is 0.247 e. The molecule has 1 aliphatic heterocycles. The molecule has 2 aromatic rings. The standard InChI is InChI=1S/C15H17N7/c1-21-5-7-22(8-6-21)15-19-14(11-17-20-15)18-13-4-2-3-12(9-13)10-16/h2-4,9,11H,5-8H2,1H3,(H,18,19,20). The minimum absolute atomic E-state index is 0.603. The number of aromatic nitrogens is 3. The van der Waals surface area contributed by atoms with Gasteiger partial charge in [0.25, 0.3) is 0 Å². The number of nitrogens with one attached hydrogen (secondary N) is 1. The molecule has 1 aliphatic rings. The zero-order valence-corrected chi connectivity index (χ0v) is 12.4. The summed E-state index contributed by atoms with van der Waals surface area (Å²) in [5.74, 6) is 1.26. The number of nitrogens with zero attached hydrogens (tertiary/aromatic N) is 6. The smallest absolute Gasteiger partial charge is 0.247 e. The van der Waals surface area contributed by atoms with Gasteiger partial charge in [0.2, 0.25) is 5.95 Å². The fraction of sp³-hybridized carbons (Fsp3) is 0.333. The molecule has 0 atom stereocenters. The van der Waals surface area contributed by atoms with Crippen molar-refractivity contribution < 1.29 is 0 Å². The van der Waals surface area contributed by atoms with E-state index in [9.17, 15) is 0 Å². The van der Waals surface area contributed by atoms with Gasteiger partial charge in [-0.05, 0) is 25.2 Å². The van der Waals surface area contributed by atoms with Crippen LogP contribution in [0.25, 0.3) is 0 Å². The Kier molecular flexibility index (Phi) is 4.12. The molecule has 0 saturated carbocycles. The Morgan fingerprint density at radius 2 is 2.05 bits per heavy atom. The van der Waals surface area contributed by atoms with E-state index in [1.54, 1.807) is 18.3 Å². The minimum Gasteiger partial charge on any atom is -0.339 e. The van der Waals surface area contributed by atoms with Gasteiger partial charge in [0.15, 0.2) is 5.82 Å². The van der Waals surface area contributed by atoms with E-state index in [0.29, 0.717) is 17.3 Å². The summed E-state index contributed by atoms with van der Waals surface area (Å²) >= 11 is 0. The summed E-state index contributed by atoms with van der Waals surface area (Å²) in [6, 6.07) is 9.38. The number of anilines is 3. The van der Waals surface area contributed by atoms with Crippen LogP contribution >= 0.6 is 0 Å². The van der Waals surface area contributed by atoms with E-state index in [1.165, 1.54) is 0 Å². The van der Waals surface area contributed by atoms with Gasteiger partial charge in [-0.2, -0.15) is 15.3 Å². The largest absolute Gasteiger partial charge is 0.339 e. The topological polar surface area (TPSA) is 81.0 Å². The summed E-state index contributed by atoms with van der Waals surface area (Å²) in [6.07, 6.45) is 1.58. The molecular formula is C15H17N7. The molecule has 1 N–H and O–H groups in total. The van der Waals surface area contributed by atoms with Crippen molar-refractivity contribution in [3.63, 3.8) is 0 Å². The highest BCUT2D eigenvalue weighted by Crippen LogP contribution is 2.17. The molecule has 2 heterocycles. The lowest BCUT2D eigenvalue weighted by Gasteiger charge is -2.32. The highest BCUT2D eigenvalue weighted by Gasteiger charge is 2.17. The fourth-order valence-electron chi connectivity index (χ4n) is 2.31. The third-order valence-electron chi connectivity index (χ3n) is 3.60. The Bertz CT molecular complexity index is 686. The van der Waals surface area contributed by atoms with Crippen molar-refractivity contribution in [1.29, 1.82) is 5.26 Å². The van der Waals surface area contributed by atoms with Crippen molar-refractivity contribution in [2.45, 2.75) is 0 Å². The van der Waals surface area contributed by atoms with Gasteiger partial charge in [-0.1, -0.05) is 6.07 Å². The van der Waals surface area contributed by atoms with Gasteiger partial charge in [0.05, 0.1) is 17.8 Å². The van der Waals surface area contributed by atoms with Crippen LogP contribution in [0.3, 0.4) is 0 Å². The summed E-state index contributed by atoms with van der Waals surface area (Å²) in [5.41, 5.74) is 1.41. The van der Waals surface area contributed by atoms with Crippen LogP contribution in [0, 0.1) is 11.3 Å². The van der Waals surface area contributed by atoms with Crippen molar-refractivity contribution in [1.82, 2.24) is 20.1 Å². The molecule has 0 unspecified atom stereocenters. The Morgan fingerprint density at radius 3 is 2.82 bits per heavy atom. The molecule has 112 valence electrons. The SMILES string of the molecule is CN1CCN(c2nncc(Nc3cccc(C#N)c3)n2)CC1. The Hall–Kier alpha value is -2.72. The first-order chi connectivity index (χ1) is 10.7. The molecule has 0 bridgehead atoms. The number of nitriles is 1. The monoisotopic (exact) mass is 295 g/mol. The zero-order chi connectivity index (χ0) is 15.4. The number of piperazine rings is 1. The van der Waals surface area contributed by atoms with E-state index < -0.39 is 0 Å². The van der Waals surface area contributed by atoms with Crippen molar-refractivity contribution in [3.05, 3.63) is 36.0 Å². The summed E-state index contributed by atoms with van der Waals surface area (Å²) in [7, 11) is 2.11. The Balaban J connectivity index is 1.75. The minimum atomic E-state index is 0.603. The molecule has 0 spiro atoms. The first-order valence-corrected chi connectivity index (χ1v) is 7.15. The molecule has 1 saturated heterocycles. The predicted molar refractivity (Wildman–Crippen MR) is 84.0 cm³/mol. The van der Waals surface area contributed by atoms with Gasteiger partial charge in [-0.25, -0.2) is 0 Å². The average molecular weight is 295 g/mol. The van der Waals surface area contributed by atoms with Gasteiger partial charge in [0, 0.05) is 31.9 Å². The van der Waals surface area contributed by atoms with Gasteiger partial charge in [-0.3, -0.25) is 0 Å². The second-order valence-electron chi connectivity index (χ2n) is 5.25. The second-order valence-corrected chi connectivity index (χ2v) is 5.25. The number of hydrogen-bond acceptors (Lipinski definition) is 7. The lowest BCUT2D eigenvalue weighted by Crippen LogP contribution is -2.45. The van der Waals surface area contributed by atoms with Crippen molar-refractivity contribution >= 4 is 17.5 Å². The van der Waals surface area contributed by atoms with E-state index >= 15 is 0 Å². The highest BCUT2D eigenvalue weighted by atomic mass is 15.4. The molecule has 22 heavy (non-hydrogen) atoms. The van der Waals surface area contributed by atoms with E-state index in [-0.39, 0.29) is 0 Å². The Morgan fingerprint density at radius 1 is 1.23 bits per heavy atom. The molecule has 1 aromatic carbocycles. The van der Waals surface area contributed by atoms with Crippen molar-refractivity contribution in [2.75, 3.05) is 43.4 Å². The van der Waals surface area contributed by atoms with Crippen LogP contribution < -0.4 is 10.2 Å². The van der Waals surface area contributed by atoms with Gasteiger partial charge < -0.3 is 15.1 Å². The third-order valence-corrected chi connectivity index (χ3v) is 3.60. The average Bonchev–Trinajstić information content (AvgIpc) is 2.56. The normalized spacial score (nSPS) is 15.4. The molecule has 1 aromatic heterocycles. The lowest BCUT2D eigenvalue weighted by molar-refractivity contribution is 0.311. The molecule has 7 nitrogen and oxygen atoms in total. The quantitative estimate of drug-likeness (QED) is 0.912. The maximum atomic E-state index is 8.94. The highest BCUT2D eigenvalue weighted by molar-refractivity contribution is 5.58. The van der Waals surface area contributed by atoms with Crippen molar-refractivity contribution in [3.8, 4) is 6.07 Å². The molecule has 3 rings (SSSR count). The third kappa shape index (κ3) is 3.30. The van der Waals surface area contributed by atoms with E-state index in [0.717, 1.165) is 31.9 Å². The molecule has 0 amide bonds. The number of rotatable bonds is 3. The predicted octanol–water partition coefficient (Wildman–Crippen LogP) is 1.24. The van der Waals surface area contributed by atoms with E-state index in [1.807, 2.05) is 12.1 Å². The number of hydrogen-bond donors (Lipinski definition) is 1. The van der Waals surface area contributed by atoms with E-state index in [4.69, 9.17) is 5.26 Å². The van der Waals surface area contributed by atoms with Gasteiger partial charge in [-0.15, -0.1) is 5.10 Å². The summed E-state index contributed by atoms with van der Waals surface area (Å²) in [6.45, 7) is 3.77.